The molecule has 0 N–H and O–H groups in total. The molecule has 0 fully saturated rings. The van der Waals surface area contributed by atoms with E-state index < -0.39 is 0 Å². The third-order valence-corrected chi connectivity index (χ3v) is 8.75. The van der Waals surface area contributed by atoms with Crippen LogP contribution in [0.15, 0.2) is 138 Å². The van der Waals surface area contributed by atoms with E-state index in [0.717, 1.165) is 35.4 Å². The van der Waals surface area contributed by atoms with Gasteiger partial charge in [0, 0.05) is 45.0 Å². The molecule has 0 spiro atoms. The molecule has 4 nitrogen and oxygen atoms in total. The highest BCUT2D eigenvalue weighted by Crippen LogP contribution is 2.41. The second-order valence-corrected chi connectivity index (χ2v) is 11.1. The predicted molar refractivity (Wildman–Crippen MR) is 180 cm³/mol. The zero-order chi connectivity index (χ0) is 28.9. The van der Waals surface area contributed by atoms with Crippen molar-refractivity contribution in [3.8, 4) is 22.5 Å². The van der Waals surface area contributed by atoms with Crippen LogP contribution in [0.25, 0.3) is 60.8 Å². The topological polar surface area (TPSA) is 35.1 Å². The molecule has 4 heteroatoms. The van der Waals surface area contributed by atoms with Crippen LogP contribution in [0.2, 0.25) is 0 Å². The molecule has 0 amide bonds. The van der Waals surface area contributed by atoms with E-state index in [1.165, 1.54) is 55.1 Å². The second kappa shape index (κ2) is 10.1. The van der Waals surface area contributed by atoms with Crippen LogP contribution in [0.4, 0.5) is 0 Å². The van der Waals surface area contributed by atoms with Gasteiger partial charge in [0.2, 0.25) is 0 Å². The Morgan fingerprint density at radius 3 is 2.16 bits per heavy atom. The Bertz CT molecular complexity index is 2250. The minimum absolute atomic E-state index is 0.945. The fourth-order valence-electron chi connectivity index (χ4n) is 6.84. The van der Waals surface area contributed by atoms with E-state index in [1.54, 1.807) is 0 Å². The van der Waals surface area contributed by atoms with Crippen molar-refractivity contribution in [2.75, 3.05) is 0 Å². The van der Waals surface area contributed by atoms with Gasteiger partial charge in [-0.1, -0.05) is 60.7 Å². The number of aromatic nitrogens is 3. The highest BCUT2D eigenvalue weighted by atomic mass is 15.0. The second-order valence-electron chi connectivity index (χ2n) is 11.1. The summed E-state index contributed by atoms with van der Waals surface area (Å²) in [5.41, 5.74) is 12.8. The van der Waals surface area contributed by atoms with Crippen LogP contribution in [0, 0.1) is 6.92 Å². The standard InChI is InChI=1S/C39H30N4/c1-26-39(33-15-9-10-16-35(33)40-2)34-23-27(18-20-36(34)42(26)29-11-5-3-6-12-29)28-17-19-31-32-21-22-41-25-38(32)43(37(31)24-28)30-13-7-4-8-14-30/h3-8,10-14,16-25H,2,9,15H2,1H3. The average Bonchev–Trinajstić information content (AvgIpc) is 3.55. The number of nitrogens with zero attached hydrogens (tertiary/aromatic N) is 4. The molecule has 0 aliphatic heterocycles. The number of benzene rings is 4. The first kappa shape index (κ1) is 25.2. The molecule has 0 saturated carbocycles. The van der Waals surface area contributed by atoms with E-state index in [9.17, 15) is 0 Å². The Labute approximate surface area is 250 Å². The molecule has 0 atom stereocenters. The van der Waals surface area contributed by atoms with Gasteiger partial charge in [-0.15, -0.1) is 0 Å². The number of rotatable bonds is 5. The Kier molecular flexibility index (Phi) is 5.93. The molecule has 1 aliphatic rings. The van der Waals surface area contributed by atoms with E-state index in [1.807, 2.05) is 12.4 Å². The number of para-hydroxylation sites is 2. The molecule has 0 unspecified atom stereocenters. The maximum atomic E-state index is 4.47. The molecule has 3 aromatic heterocycles. The Morgan fingerprint density at radius 2 is 1.40 bits per heavy atom. The van der Waals surface area contributed by atoms with Gasteiger partial charge in [-0.2, -0.15) is 0 Å². The van der Waals surface area contributed by atoms with Gasteiger partial charge in [0.15, 0.2) is 0 Å². The molecule has 1 aliphatic carbocycles. The van der Waals surface area contributed by atoms with Crippen LogP contribution >= 0.6 is 0 Å². The predicted octanol–water partition coefficient (Wildman–Crippen LogP) is 9.86. The molecule has 3 heterocycles. The van der Waals surface area contributed by atoms with Crippen molar-refractivity contribution in [1.29, 1.82) is 0 Å². The number of fused-ring (bicyclic) bond motifs is 4. The molecule has 0 radical (unpaired) electrons. The van der Waals surface area contributed by atoms with Gasteiger partial charge in [-0.05, 0) is 97.8 Å². The maximum absolute atomic E-state index is 4.47. The van der Waals surface area contributed by atoms with Crippen LogP contribution < -0.4 is 0 Å². The first-order chi connectivity index (χ1) is 21.2. The van der Waals surface area contributed by atoms with Gasteiger partial charge in [0.1, 0.15) is 0 Å². The minimum atomic E-state index is 0.945. The fraction of sp³-hybridized carbons (Fsp3) is 0.0769. The smallest absolute Gasteiger partial charge is 0.0724 e. The van der Waals surface area contributed by atoms with Gasteiger partial charge in [0.25, 0.3) is 0 Å². The Morgan fingerprint density at radius 1 is 0.698 bits per heavy atom. The first-order valence-electron chi connectivity index (χ1n) is 14.7. The summed E-state index contributed by atoms with van der Waals surface area (Å²) in [5, 5.41) is 3.66. The van der Waals surface area contributed by atoms with Crippen molar-refractivity contribution >= 4 is 45.0 Å². The molecular weight excluding hydrogens is 524 g/mol. The number of hydrogen-bond donors (Lipinski definition) is 0. The van der Waals surface area contributed by atoms with Crippen LogP contribution in [-0.2, 0) is 0 Å². The average molecular weight is 555 g/mol. The zero-order valence-electron chi connectivity index (χ0n) is 24.0. The molecule has 8 rings (SSSR count). The van der Waals surface area contributed by atoms with E-state index in [0.29, 0.717) is 0 Å². The molecule has 7 aromatic rings. The Balaban J connectivity index is 1.39. The summed E-state index contributed by atoms with van der Waals surface area (Å²) in [5.74, 6) is 0. The van der Waals surface area contributed by atoms with Crippen LogP contribution in [0.3, 0.4) is 0 Å². The summed E-state index contributed by atoms with van der Waals surface area (Å²) in [6.45, 7) is 6.14. The monoisotopic (exact) mass is 554 g/mol. The van der Waals surface area contributed by atoms with Gasteiger partial charge in [0.05, 0.1) is 28.4 Å². The molecule has 43 heavy (non-hydrogen) atoms. The van der Waals surface area contributed by atoms with Crippen molar-refractivity contribution in [1.82, 2.24) is 14.1 Å². The zero-order valence-corrected chi connectivity index (χ0v) is 24.0. The van der Waals surface area contributed by atoms with Crippen molar-refractivity contribution in [3.05, 3.63) is 145 Å². The van der Waals surface area contributed by atoms with Crippen LogP contribution in [0.5, 0.6) is 0 Å². The van der Waals surface area contributed by atoms with Gasteiger partial charge in [-0.3, -0.25) is 9.98 Å². The number of allylic oxidation sites excluding steroid dienone is 3. The third kappa shape index (κ3) is 3.98. The molecular formula is C39H30N4. The quantitative estimate of drug-likeness (QED) is 0.195. The molecule has 0 bridgehead atoms. The van der Waals surface area contributed by atoms with E-state index >= 15 is 0 Å². The van der Waals surface area contributed by atoms with Crippen molar-refractivity contribution in [2.24, 2.45) is 4.99 Å². The summed E-state index contributed by atoms with van der Waals surface area (Å²) in [6.07, 6.45) is 10.1. The van der Waals surface area contributed by atoms with Crippen molar-refractivity contribution < 1.29 is 0 Å². The highest BCUT2D eigenvalue weighted by Gasteiger charge is 2.22. The lowest BCUT2D eigenvalue weighted by atomic mass is 9.92. The largest absolute Gasteiger partial charge is 0.313 e. The van der Waals surface area contributed by atoms with Crippen LogP contribution in [-0.4, -0.2) is 20.8 Å². The normalized spacial score (nSPS) is 13.4. The summed E-state index contributed by atoms with van der Waals surface area (Å²) in [6, 6.07) is 37.0. The van der Waals surface area contributed by atoms with Crippen LogP contribution in [0.1, 0.15) is 24.1 Å². The summed E-state index contributed by atoms with van der Waals surface area (Å²) >= 11 is 0. The lowest BCUT2D eigenvalue weighted by Crippen LogP contribution is -1.99. The van der Waals surface area contributed by atoms with Gasteiger partial charge < -0.3 is 9.13 Å². The fourth-order valence-corrected chi connectivity index (χ4v) is 6.84. The number of pyridine rings is 1. The molecule has 4 aromatic carbocycles. The molecule has 206 valence electrons. The van der Waals surface area contributed by atoms with E-state index in [2.05, 4.69) is 148 Å². The lowest BCUT2D eigenvalue weighted by molar-refractivity contribution is 1.01. The summed E-state index contributed by atoms with van der Waals surface area (Å²) in [7, 11) is 0. The highest BCUT2D eigenvalue weighted by molar-refractivity contribution is 6.10. The van der Waals surface area contributed by atoms with E-state index in [-0.39, 0.29) is 0 Å². The summed E-state index contributed by atoms with van der Waals surface area (Å²) in [4.78, 5) is 8.90. The minimum Gasteiger partial charge on any atom is -0.313 e. The third-order valence-electron chi connectivity index (χ3n) is 8.75. The maximum Gasteiger partial charge on any atom is 0.0724 e. The van der Waals surface area contributed by atoms with Gasteiger partial charge >= 0.3 is 0 Å². The summed E-state index contributed by atoms with van der Waals surface area (Å²) < 4.78 is 4.70. The number of aliphatic imine (C=N–C) groups is 1. The molecule has 0 saturated heterocycles. The van der Waals surface area contributed by atoms with Crippen molar-refractivity contribution in [2.45, 2.75) is 19.8 Å². The Hall–Kier alpha value is -5.48. The van der Waals surface area contributed by atoms with Gasteiger partial charge in [-0.25, -0.2) is 0 Å². The first-order valence-corrected chi connectivity index (χ1v) is 14.7. The number of hydrogen-bond acceptors (Lipinski definition) is 2. The van der Waals surface area contributed by atoms with E-state index in [4.69, 9.17) is 0 Å². The SMILES string of the molecule is C=NC1=C(c2c(C)n(-c3ccccc3)c3ccc(-c4ccc5c6ccncc6n(-c6ccccc6)c5c4)cc23)CCC=C1. The van der Waals surface area contributed by atoms with Crippen molar-refractivity contribution in [3.63, 3.8) is 0 Å². The lowest BCUT2D eigenvalue weighted by Gasteiger charge is -2.15.